The highest BCUT2D eigenvalue weighted by Gasteiger charge is 2.40. The third-order valence-electron chi connectivity index (χ3n) is 4.21. The van der Waals surface area contributed by atoms with E-state index in [2.05, 4.69) is 38.3 Å². The van der Waals surface area contributed by atoms with E-state index >= 15 is 0 Å². The van der Waals surface area contributed by atoms with Crippen LogP contribution in [-0.2, 0) is 9.59 Å². The molecule has 128 valence electrons. The van der Waals surface area contributed by atoms with Crippen molar-refractivity contribution in [1.82, 2.24) is 15.5 Å². The van der Waals surface area contributed by atoms with Crippen molar-refractivity contribution in [2.24, 2.45) is 0 Å². The van der Waals surface area contributed by atoms with Gasteiger partial charge in [-0.2, -0.15) is 0 Å². The third-order valence-corrected chi connectivity index (χ3v) is 4.21. The second kappa shape index (κ2) is 7.44. The lowest BCUT2D eigenvalue weighted by Crippen LogP contribution is -2.62. The van der Waals surface area contributed by atoms with E-state index in [1.54, 1.807) is 6.92 Å². The van der Waals surface area contributed by atoms with Crippen LogP contribution in [0.2, 0.25) is 0 Å². The van der Waals surface area contributed by atoms with Crippen LogP contribution in [0, 0.1) is 0 Å². The molecule has 0 aliphatic carbocycles. The van der Waals surface area contributed by atoms with Crippen LogP contribution in [0.3, 0.4) is 0 Å². The molecule has 0 saturated carbocycles. The first-order valence-corrected chi connectivity index (χ1v) is 8.33. The van der Waals surface area contributed by atoms with E-state index in [4.69, 9.17) is 0 Å². The fourth-order valence-corrected chi connectivity index (χ4v) is 3.76. The Kier molecular flexibility index (Phi) is 6.41. The molecule has 2 N–H and O–H groups in total. The first-order valence-electron chi connectivity index (χ1n) is 8.33. The molecule has 2 amide bonds. The molecular weight excluding hydrogens is 278 g/mol. The zero-order chi connectivity index (χ0) is 17.0. The standard InChI is InChI=1S/C17H33N3O2/c1-13(21)18-9-7-8-10-20(14(2)22)15-11-16(3,4)19-17(5,6)12-15/h15,19H,7-12H2,1-6H3,(H,18,21). The maximum Gasteiger partial charge on any atom is 0.219 e. The summed E-state index contributed by atoms with van der Waals surface area (Å²) in [5, 5.41) is 6.46. The summed E-state index contributed by atoms with van der Waals surface area (Å²) in [4.78, 5) is 25.0. The zero-order valence-corrected chi connectivity index (χ0v) is 15.1. The number of carbonyl (C=O) groups is 2. The minimum Gasteiger partial charge on any atom is -0.356 e. The molecule has 0 aromatic heterocycles. The molecule has 5 nitrogen and oxygen atoms in total. The summed E-state index contributed by atoms with van der Waals surface area (Å²) in [6.45, 7) is 13.5. The number of amides is 2. The van der Waals surface area contributed by atoms with Gasteiger partial charge >= 0.3 is 0 Å². The number of nitrogens with one attached hydrogen (secondary N) is 2. The number of nitrogens with zero attached hydrogens (tertiary/aromatic N) is 1. The van der Waals surface area contributed by atoms with Crippen molar-refractivity contribution in [3.63, 3.8) is 0 Å². The molecule has 0 unspecified atom stereocenters. The largest absolute Gasteiger partial charge is 0.356 e. The Hall–Kier alpha value is -1.10. The molecule has 1 fully saturated rings. The molecule has 1 heterocycles. The summed E-state index contributed by atoms with van der Waals surface area (Å²) >= 11 is 0. The van der Waals surface area contributed by atoms with Crippen LogP contribution < -0.4 is 10.6 Å². The van der Waals surface area contributed by atoms with Gasteiger partial charge in [-0.15, -0.1) is 0 Å². The molecular formula is C17H33N3O2. The van der Waals surface area contributed by atoms with Gasteiger partial charge in [0, 0.05) is 44.1 Å². The highest BCUT2D eigenvalue weighted by molar-refractivity contribution is 5.73. The molecule has 5 heteroatoms. The second-order valence-electron chi connectivity index (χ2n) is 7.86. The molecule has 1 rings (SSSR count). The minimum absolute atomic E-state index is 0.00489. The highest BCUT2D eigenvalue weighted by atomic mass is 16.2. The molecule has 1 aliphatic rings. The smallest absolute Gasteiger partial charge is 0.219 e. The van der Waals surface area contributed by atoms with Gasteiger partial charge in [0.15, 0.2) is 0 Å². The lowest BCUT2D eigenvalue weighted by molar-refractivity contribution is -0.133. The van der Waals surface area contributed by atoms with Gasteiger partial charge in [-0.25, -0.2) is 0 Å². The van der Waals surface area contributed by atoms with Gasteiger partial charge in [-0.3, -0.25) is 9.59 Å². The Balaban J connectivity index is 2.58. The van der Waals surface area contributed by atoms with Crippen LogP contribution in [0.25, 0.3) is 0 Å². The van der Waals surface area contributed by atoms with Gasteiger partial charge in [0.1, 0.15) is 0 Å². The van der Waals surface area contributed by atoms with E-state index in [-0.39, 0.29) is 28.9 Å². The van der Waals surface area contributed by atoms with E-state index in [0.29, 0.717) is 6.54 Å². The average molecular weight is 311 g/mol. The molecule has 22 heavy (non-hydrogen) atoms. The van der Waals surface area contributed by atoms with E-state index in [1.807, 2.05) is 4.90 Å². The van der Waals surface area contributed by atoms with Crippen molar-refractivity contribution in [2.45, 2.75) is 84.3 Å². The fraction of sp³-hybridized carbons (Fsp3) is 0.882. The second-order valence-corrected chi connectivity index (χ2v) is 7.86. The minimum atomic E-state index is 0.00489. The summed E-state index contributed by atoms with van der Waals surface area (Å²) in [6.07, 6.45) is 3.77. The Labute approximate surface area is 135 Å². The number of hydrogen-bond acceptors (Lipinski definition) is 3. The first kappa shape index (κ1) is 18.9. The zero-order valence-electron chi connectivity index (χ0n) is 15.1. The van der Waals surface area contributed by atoms with E-state index < -0.39 is 0 Å². The van der Waals surface area contributed by atoms with Crippen molar-refractivity contribution in [2.75, 3.05) is 13.1 Å². The monoisotopic (exact) mass is 311 g/mol. The predicted molar refractivity (Wildman–Crippen MR) is 89.6 cm³/mol. The Morgan fingerprint density at radius 3 is 2.09 bits per heavy atom. The van der Waals surface area contributed by atoms with Crippen LogP contribution in [0.15, 0.2) is 0 Å². The highest BCUT2D eigenvalue weighted by Crippen LogP contribution is 2.31. The first-order chi connectivity index (χ1) is 10.0. The molecule has 1 saturated heterocycles. The lowest BCUT2D eigenvalue weighted by atomic mass is 9.79. The molecule has 0 spiro atoms. The van der Waals surface area contributed by atoms with Gasteiger partial charge in [0.2, 0.25) is 11.8 Å². The van der Waals surface area contributed by atoms with Gasteiger partial charge in [0.25, 0.3) is 0 Å². The van der Waals surface area contributed by atoms with Crippen molar-refractivity contribution in [1.29, 1.82) is 0 Å². The maximum atomic E-state index is 12.1. The summed E-state index contributed by atoms with van der Waals surface area (Å²) in [7, 11) is 0. The van der Waals surface area contributed by atoms with Crippen LogP contribution in [0.4, 0.5) is 0 Å². The maximum absolute atomic E-state index is 12.1. The molecule has 0 aromatic carbocycles. The van der Waals surface area contributed by atoms with Gasteiger partial charge in [-0.1, -0.05) is 0 Å². The van der Waals surface area contributed by atoms with Crippen molar-refractivity contribution >= 4 is 11.8 Å². The summed E-state index contributed by atoms with van der Waals surface area (Å²) in [5.41, 5.74) is 0.0760. The molecule has 0 bridgehead atoms. The van der Waals surface area contributed by atoms with Gasteiger partial charge in [0.05, 0.1) is 0 Å². The van der Waals surface area contributed by atoms with Crippen molar-refractivity contribution in [3.05, 3.63) is 0 Å². The summed E-state index contributed by atoms with van der Waals surface area (Å²) < 4.78 is 0. The van der Waals surface area contributed by atoms with Crippen LogP contribution >= 0.6 is 0 Å². The SMILES string of the molecule is CC(=O)NCCCCN(C(C)=O)C1CC(C)(C)NC(C)(C)C1. The summed E-state index contributed by atoms with van der Waals surface area (Å²) in [6, 6.07) is 0.282. The molecule has 0 atom stereocenters. The molecule has 0 aromatic rings. The summed E-state index contributed by atoms with van der Waals surface area (Å²) in [5.74, 6) is 0.156. The van der Waals surface area contributed by atoms with Gasteiger partial charge < -0.3 is 15.5 Å². The predicted octanol–water partition coefficient (Wildman–Crippen LogP) is 2.06. The molecule has 1 aliphatic heterocycles. The van der Waals surface area contributed by atoms with Gasteiger partial charge in [-0.05, 0) is 53.4 Å². The van der Waals surface area contributed by atoms with E-state index in [0.717, 1.165) is 32.2 Å². The van der Waals surface area contributed by atoms with E-state index in [1.165, 1.54) is 6.92 Å². The Morgan fingerprint density at radius 2 is 1.64 bits per heavy atom. The number of piperidine rings is 1. The van der Waals surface area contributed by atoms with Crippen molar-refractivity contribution < 1.29 is 9.59 Å². The van der Waals surface area contributed by atoms with Crippen molar-refractivity contribution in [3.8, 4) is 0 Å². The third kappa shape index (κ3) is 6.34. The number of carbonyl (C=O) groups excluding carboxylic acids is 2. The normalized spacial score (nSPS) is 20.5. The Morgan fingerprint density at radius 1 is 1.09 bits per heavy atom. The van der Waals surface area contributed by atoms with Crippen LogP contribution in [0.1, 0.15) is 67.2 Å². The number of hydrogen-bond donors (Lipinski definition) is 2. The van der Waals surface area contributed by atoms with E-state index in [9.17, 15) is 9.59 Å². The van der Waals surface area contributed by atoms with Crippen LogP contribution in [0.5, 0.6) is 0 Å². The Bertz CT molecular complexity index is 389. The molecule has 0 radical (unpaired) electrons. The quantitative estimate of drug-likeness (QED) is 0.738. The average Bonchev–Trinajstić information content (AvgIpc) is 2.28. The topological polar surface area (TPSA) is 61.4 Å². The van der Waals surface area contributed by atoms with Crippen LogP contribution in [-0.4, -0.2) is 46.9 Å². The number of unbranched alkanes of at least 4 members (excludes halogenated alkanes) is 1. The number of rotatable bonds is 6. The lowest BCUT2D eigenvalue weighted by Gasteiger charge is -2.49. The fourth-order valence-electron chi connectivity index (χ4n) is 3.76.